The van der Waals surface area contributed by atoms with Gasteiger partial charge in [0.2, 0.25) is 0 Å². The number of anilines is 2. The number of nitrogen functional groups attached to an aromatic ring is 1. The number of nitrogens with zero attached hydrogens (tertiary/aromatic N) is 1. The fraction of sp³-hybridized carbons (Fsp3) is 0.533. The summed E-state index contributed by atoms with van der Waals surface area (Å²) in [5, 5.41) is 3.11. The lowest BCUT2D eigenvalue weighted by Gasteiger charge is -2.17. The van der Waals surface area contributed by atoms with Gasteiger partial charge in [0.15, 0.2) is 0 Å². The van der Waals surface area contributed by atoms with E-state index in [-0.39, 0.29) is 0 Å². The Labute approximate surface area is 115 Å². The molecule has 4 nitrogen and oxygen atoms in total. The minimum Gasteiger partial charge on any atom is -0.495 e. The van der Waals surface area contributed by atoms with Crippen molar-refractivity contribution in [3.05, 3.63) is 17.7 Å². The summed E-state index contributed by atoms with van der Waals surface area (Å²) >= 11 is 0. The third-order valence-electron chi connectivity index (χ3n) is 3.67. The van der Waals surface area contributed by atoms with Crippen molar-refractivity contribution in [2.45, 2.75) is 38.1 Å². The van der Waals surface area contributed by atoms with Crippen molar-refractivity contribution in [1.29, 1.82) is 0 Å². The maximum Gasteiger partial charge on any atom is 0.144 e. The monoisotopic (exact) mass is 261 g/mol. The quantitative estimate of drug-likeness (QED) is 0.647. The van der Waals surface area contributed by atoms with Crippen LogP contribution in [0.4, 0.5) is 11.4 Å². The van der Waals surface area contributed by atoms with E-state index in [1.807, 2.05) is 25.4 Å². The van der Waals surface area contributed by atoms with Crippen LogP contribution in [0.3, 0.4) is 0 Å². The summed E-state index contributed by atoms with van der Waals surface area (Å²) in [4.78, 5) is 4.67. The van der Waals surface area contributed by atoms with Crippen LogP contribution >= 0.6 is 0 Å². The van der Waals surface area contributed by atoms with Crippen LogP contribution in [-0.2, 0) is 0 Å². The number of nitrogens with two attached hydrogens (primary N) is 1. The molecule has 0 heterocycles. The highest BCUT2D eigenvalue weighted by Gasteiger charge is 2.11. The van der Waals surface area contributed by atoms with E-state index in [0.717, 1.165) is 17.0 Å². The number of ether oxygens (including phenoxy) is 1. The summed E-state index contributed by atoms with van der Waals surface area (Å²) in [5.74, 6) is 0.759. The molecule has 3 N–H and O–H groups in total. The molecular formula is C15H23N3O. The molecule has 1 aliphatic carbocycles. The highest BCUT2D eigenvalue weighted by molar-refractivity contribution is 5.90. The smallest absolute Gasteiger partial charge is 0.144 e. The predicted molar refractivity (Wildman–Crippen MR) is 81.4 cm³/mol. The highest BCUT2D eigenvalue weighted by Crippen LogP contribution is 2.29. The van der Waals surface area contributed by atoms with Crippen LogP contribution in [0.15, 0.2) is 17.1 Å². The van der Waals surface area contributed by atoms with Gasteiger partial charge in [0.25, 0.3) is 0 Å². The lowest BCUT2D eigenvalue weighted by molar-refractivity contribution is 0.417. The number of aliphatic imine (C=N–C) groups is 1. The van der Waals surface area contributed by atoms with E-state index >= 15 is 0 Å². The molecule has 1 fully saturated rings. The third kappa shape index (κ3) is 3.40. The van der Waals surface area contributed by atoms with Crippen molar-refractivity contribution in [2.24, 2.45) is 4.99 Å². The van der Waals surface area contributed by atoms with E-state index in [0.29, 0.717) is 11.7 Å². The summed E-state index contributed by atoms with van der Waals surface area (Å²) < 4.78 is 5.28. The van der Waals surface area contributed by atoms with Crippen molar-refractivity contribution in [1.82, 2.24) is 0 Å². The van der Waals surface area contributed by atoms with E-state index in [2.05, 4.69) is 10.3 Å². The van der Waals surface area contributed by atoms with Gasteiger partial charge >= 0.3 is 0 Å². The molecule has 0 aromatic heterocycles. The van der Waals surface area contributed by atoms with Crippen molar-refractivity contribution in [3.8, 4) is 5.75 Å². The first-order valence-corrected chi connectivity index (χ1v) is 6.93. The molecular weight excluding hydrogens is 238 g/mol. The number of hydrogen-bond acceptors (Lipinski definition) is 4. The zero-order chi connectivity index (χ0) is 13.7. The molecule has 0 saturated heterocycles. The summed E-state index contributed by atoms with van der Waals surface area (Å²) in [7, 11) is 3.52. The number of benzene rings is 1. The molecule has 104 valence electrons. The lowest BCUT2D eigenvalue weighted by Crippen LogP contribution is -2.10. The second-order valence-corrected chi connectivity index (χ2v) is 5.00. The van der Waals surface area contributed by atoms with Crippen molar-refractivity contribution < 1.29 is 4.74 Å². The zero-order valence-electron chi connectivity index (χ0n) is 11.8. The molecule has 0 spiro atoms. The Morgan fingerprint density at radius 1 is 1.32 bits per heavy atom. The fourth-order valence-electron chi connectivity index (χ4n) is 2.50. The van der Waals surface area contributed by atoms with E-state index < -0.39 is 0 Å². The molecule has 0 aliphatic heterocycles. The van der Waals surface area contributed by atoms with Crippen LogP contribution in [0.2, 0.25) is 0 Å². The average Bonchev–Trinajstić information content (AvgIpc) is 2.46. The normalized spacial score (nSPS) is 16.7. The van der Waals surface area contributed by atoms with Crippen LogP contribution in [-0.4, -0.2) is 26.4 Å². The molecule has 4 heteroatoms. The lowest BCUT2D eigenvalue weighted by atomic mass is 9.96. The van der Waals surface area contributed by atoms with Gasteiger partial charge in [-0.05, 0) is 18.9 Å². The van der Waals surface area contributed by atoms with Crippen molar-refractivity contribution >= 4 is 17.6 Å². The molecule has 0 amide bonds. The summed E-state index contributed by atoms with van der Waals surface area (Å²) in [6.45, 7) is 0. The van der Waals surface area contributed by atoms with Gasteiger partial charge in [-0.25, -0.2) is 0 Å². The molecule has 2 rings (SSSR count). The molecule has 19 heavy (non-hydrogen) atoms. The number of nitrogens with one attached hydrogen (secondary N) is 1. The molecule has 1 saturated carbocycles. The van der Waals surface area contributed by atoms with Crippen molar-refractivity contribution in [2.75, 3.05) is 25.2 Å². The minimum atomic E-state index is 0.466. The van der Waals surface area contributed by atoms with Gasteiger partial charge in [0.1, 0.15) is 5.75 Å². The van der Waals surface area contributed by atoms with E-state index in [4.69, 9.17) is 10.5 Å². The summed E-state index contributed by atoms with van der Waals surface area (Å²) in [6.07, 6.45) is 8.24. The van der Waals surface area contributed by atoms with E-state index in [9.17, 15) is 0 Å². The molecule has 0 atom stereocenters. The van der Waals surface area contributed by atoms with Crippen LogP contribution in [0.5, 0.6) is 5.75 Å². The van der Waals surface area contributed by atoms with Gasteiger partial charge in [-0.3, -0.25) is 4.99 Å². The topological polar surface area (TPSA) is 59.6 Å². The van der Waals surface area contributed by atoms with Crippen LogP contribution < -0.4 is 15.8 Å². The van der Waals surface area contributed by atoms with Crippen LogP contribution in [0.1, 0.15) is 37.7 Å². The second kappa shape index (κ2) is 6.45. The Morgan fingerprint density at radius 3 is 2.68 bits per heavy atom. The summed E-state index contributed by atoms with van der Waals surface area (Å²) in [5.41, 5.74) is 8.63. The zero-order valence-corrected chi connectivity index (χ0v) is 11.8. The Balaban J connectivity index is 2.17. The molecule has 1 aliphatic rings. The maximum absolute atomic E-state index is 6.04. The first kappa shape index (κ1) is 13.7. The number of rotatable bonds is 4. The molecule has 1 aromatic rings. The Hall–Kier alpha value is -1.71. The second-order valence-electron chi connectivity index (χ2n) is 5.00. The molecule has 0 unspecified atom stereocenters. The van der Waals surface area contributed by atoms with Gasteiger partial charge in [-0.2, -0.15) is 0 Å². The first-order valence-electron chi connectivity index (χ1n) is 6.93. The van der Waals surface area contributed by atoms with Crippen LogP contribution in [0.25, 0.3) is 0 Å². The Kier molecular flexibility index (Phi) is 4.66. The van der Waals surface area contributed by atoms with Crippen molar-refractivity contribution in [3.63, 3.8) is 0 Å². The number of methoxy groups -OCH3 is 1. The minimum absolute atomic E-state index is 0.466. The van der Waals surface area contributed by atoms with Gasteiger partial charge in [0, 0.05) is 36.6 Å². The first-order chi connectivity index (χ1) is 9.24. The molecule has 1 aromatic carbocycles. The summed E-state index contributed by atoms with van der Waals surface area (Å²) in [6, 6.07) is 4.29. The molecule has 0 radical (unpaired) electrons. The predicted octanol–water partition coefficient (Wildman–Crippen LogP) is 3.07. The van der Waals surface area contributed by atoms with Gasteiger partial charge in [-0.15, -0.1) is 0 Å². The Morgan fingerprint density at radius 2 is 2.05 bits per heavy atom. The SMILES string of the molecule is CNc1cc(C=NC2CCCCC2)c(N)cc1OC. The molecule has 0 bridgehead atoms. The van der Waals surface area contributed by atoms with E-state index in [1.165, 1.54) is 32.1 Å². The average molecular weight is 261 g/mol. The van der Waals surface area contributed by atoms with Gasteiger partial charge in [-0.1, -0.05) is 19.3 Å². The fourth-order valence-corrected chi connectivity index (χ4v) is 2.50. The van der Waals surface area contributed by atoms with Gasteiger partial charge < -0.3 is 15.8 Å². The standard InChI is InChI=1S/C15H23N3O/c1-17-14-8-11(13(16)9-15(14)19-2)10-18-12-6-4-3-5-7-12/h8-10,12,17H,3-7,16H2,1-2H3. The van der Waals surface area contributed by atoms with Crippen LogP contribution in [0, 0.1) is 0 Å². The Bertz CT molecular complexity index is 451. The highest BCUT2D eigenvalue weighted by atomic mass is 16.5. The largest absolute Gasteiger partial charge is 0.495 e. The third-order valence-corrected chi connectivity index (χ3v) is 3.67. The maximum atomic E-state index is 6.04. The van der Waals surface area contributed by atoms with E-state index in [1.54, 1.807) is 7.11 Å². The van der Waals surface area contributed by atoms with Gasteiger partial charge in [0.05, 0.1) is 12.8 Å². The number of hydrogen-bond donors (Lipinski definition) is 2.